The highest BCUT2D eigenvalue weighted by atomic mass is 16.5. The lowest BCUT2D eigenvalue weighted by Crippen LogP contribution is -2.46. The molecule has 0 bridgehead atoms. The number of carbonyl (C=O) groups excluding carboxylic acids is 2. The Bertz CT molecular complexity index is 1780. The van der Waals surface area contributed by atoms with Gasteiger partial charge in [-0.1, -0.05) is 111 Å². The molecule has 0 spiro atoms. The van der Waals surface area contributed by atoms with E-state index in [1.54, 1.807) is 0 Å². The molecule has 55 heavy (non-hydrogen) atoms. The fourth-order valence-corrected chi connectivity index (χ4v) is 7.16. The van der Waals surface area contributed by atoms with E-state index in [2.05, 4.69) is 125 Å². The molecule has 7 heteroatoms. The van der Waals surface area contributed by atoms with Crippen LogP contribution in [0.4, 0.5) is 11.5 Å². The van der Waals surface area contributed by atoms with E-state index in [-0.39, 0.29) is 11.8 Å². The van der Waals surface area contributed by atoms with Crippen LogP contribution in [0.15, 0.2) is 115 Å². The first-order valence-corrected chi connectivity index (χ1v) is 20.8. The number of unbranched alkanes of at least 4 members (excludes halogenated alkanes) is 4. The summed E-state index contributed by atoms with van der Waals surface area (Å²) in [6.45, 7) is 7.93. The summed E-state index contributed by atoms with van der Waals surface area (Å²) in [7, 11) is 0. The molecule has 0 N–H and O–H groups in total. The molecule has 1 fully saturated rings. The van der Waals surface area contributed by atoms with Crippen molar-refractivity contribution in [2.75, 3.05) is 49.1 Å². The molecule has 2 amide bonds. The third-order valence-electron chi connectivity index (χ3n) is 10.3. The molecule has 0 unspecified atom stereocenters. The van der Waals surface area contributed by atoms with Crippen LogP contribution in [-0.2, 0) is 16.0 Å². The van der Waals surface area contributed by atoms with Gasteiger partial charge in [0.25, 0.3) is 0 Å². The summed E-state index contributed by atoms with van der Waals surface area (Å²) in [5, 5.41) is 2.62. The molecule has 5 rings (SSSR count). The Hall–Kier alpha value is -4.75. The second kappa shape index (κ2) is 23.9. The van der Waals surface area contributed by atoms with Crippen molar-refractivity contribution in [1.29, 1.82) is 0 Å². The number of fused-ring (bicyclic) bond motifs is 2. The molecule has 0 radical (unpaired) electrons. The highest BCUT2D eigenvalue weighted by Crippen LogP contribution is 2.30. The maximum absolute atomic E-state index is 13.3. The third kappa shape index (κ3) is 13.8. The molecule has 3 aromatic rings. The normalized spacial score (nSPS) is 15.5. The number of ether oxygens (including phenoxy) is 1. The molecule has 7 nitrogen and oxygen atoms in total. The van der Waals surface area contributed by atoms with Gasteiger partial charge in [0, 0.05) is 56.2 Å². The zero-order valence-corrected chi connectivity index (χ0v) is 33.1. The van der Waals surface area contributed by atoms with Gasteiger partial charge in [-0.2, -0.15) is 4.98 Å². The zero-order chi connectivity index (χ0) is 38.3. The average Bonchev–Trinajstić information content (AvgIpc) is 3.21. The lowest BCUT2D eigenvalue weighted by atomic mass is 10.0. The molecule has 292 valence electrons. The maximum atomic E-state index is 13.3. The summed E-state index contributed by atoms with van der Waals surface area (Å²) >= 11 is 0. The van der Waals surface area contributed by atoms with Crippen molar-refractivity contribution in [2.24, 2.45) is 0 Å². The number of aryl methyl sites for hydroxylation is 1. The van der Waals surface area contributed by atoms with Crippen LogP contribution >= 0.6 is 0 Å². The summed E-state index contributed by atoms with van der Waals surface area (Å²) in [6.07, 6.45) is 34.1. The minimum Gasteiger partial charge on any atom is -0.478 e. The predicted molar refractivity (Wildman–Crippen MR) is 230 cm³/mol. The van der Waals surface area contributed by atoms with Gasteiger partial charge >= 0.3 is 0 Å². The molecule has 1 aromatic heterocycles. The standard InChI is InChI=1S/C48H62N4O3/c1-2-3-4-5-6-7-8-9-10-11-12-13-14-15-16-17-18-19-20-30-46(53)52-47(54)34-32-42-31-33-45(49-48(42)52)55-40-24-23-35-50-36-38-51(39-37-50)44-29-25-27-41-26-21-22-28-43(41)44/h3-4,6-7,9-10,12-13,15-16,21-22,25-29,31,33H,2,5,8,11,14,17-20,23-24,30,32,34-40H2,1H3/b4-3-,7-6-,10-9-,13-12-,16-15-. The van der Waals surface area contributed by atoms with Gasteiger partial charge in [-0.3, -0.25) is 14.5 Å². The molecular formula is C48H62N4O3. The first kappa shape index (κ1) is 41.4. The molecule has 1 saturated heterocycles. The molecule has 2 aromatic carbocycles. The summed E-state index contributed by atoms with van der Waals surface area (Å²) in [4.78, 5) is 37.2. The number of allylic oxidation sites excluding steroid dienone is 10. The Kier molecular flexibility index (Phi) is 18.0. The number of piperazine rings is 1. The summed E-state index contributed by atoms with van der Waals surface area (Å²) in [5.41, 5.74) is 2.26. The molecule has 0 aliphatic carbocycles. The Morgan fingerprint density at radius 1 is 0.709 bits per heavy atom. The van der Waals surface area contributed by atoms with Crippen molar-refractivity contribution in [3.05, 3.63) is 121 Å². The van der Waals surface area contributed by atoms with E-state index in [1.165, 1.54) is 21.4 Å². The fourth-order valence-electron chi connectivity index (χ4n) is 7.16. The molecule has 0 saturated carbocycles. The molecule has 3 heterocycles. The molecule has 0 atom stereocenters. The van der Waals surface area contributed by atoms with Gasteiger partial charge in [0.2, 0.25) is 17.7 Å². The van der Waals surface area contributed by atoms with Crippen molar-refractivity contribution >= 4 is 34.1 Å². The lowest BCUT2D eigenvalue weighted by Gasteiger charge is -2.36. The van der Waals surface area contributed by atoms with Gasteiger partial charge in [-0.15, -0.1) is 0 Å². The van der Waals surface area contributed by atoms with E-state index in [4.69, 9.17) is 4.74 Å². The van der Waals surface area contributed by atoms with E-state index in [0.717, 1.165) is 109 Å². The van der Waals surface area contributed by atoms with Gasteiger partial charge in [0.05, 0.1) is 6.61 Å². The Labute approximate surface area is 330 Å². The van der Waals surface area contributed by atoms with Crippen LogP contribution in [0, 0.1) is 0 Å². The van der Waals surface area contributed by atoms with Crippen molar-refractivity contribution in [1.82, 2.24) is 9.88 Å². The van der Waals surface area contributed by atoms with Gasteiger partial charge in [0.15, 0.2) is 0 Å². The number of benzene rings is 2. The number of rotatable bonds is 22. The SMILES string of the molecule is CC/C=C\C/C=C\C/C=C\C/C=C\C/C=C\CCCCCC(=O)N1C(=O)CCc2ccc(OCCCCN3CCN(c4cccc5ccccc45)CC3)nc21. The Morgan fingerprint density at radius 2 is 1.40 bits per heavy atom. The van der Waals surface area contributed by atoms with E-state index in [9.17, 15) is 9.59 Å². The average molecular weight is 743 g/mol. The van der Waals surface area contributed by atoms with Crippen LogP contribution < -0.4 is 14.5 Å². The predicted octanol–water partition coefficient (Wildman–Crippen LogP) is 10.7. The largest absolute Gasteiger partial charge is 0.478 e. The number of aromatic nitrogens is 1. The van der Waals surface area contributed by atoms with E-state index < -0.39 is 0 Å². The molecular weight excluding hydrogens is 681 g/mol. The van der Waals surface area contributed by atoms with Gasteiger partial charge < -0.3 is 9.64 Å². The van der Waals surface area contributed by atoms with Crippen molar-refractivity contribution in [2.45, 2.75) is 96.8 Å². The highest BCUT2D eigenvalue weighted by Gasteiger charge is 2.31. The van der Waals surface area contributed by atoms with Crippen molar-refractivity contribution in [3.63, 3.8) is 0 Å². The Morgan fingerprint density at radius 3 is 2.15 bits per heavy atom. The van der Waals surface area contributed by atoms with Crippen LogP contribution in [0.3, 0.4) is 0 Å². The summed E-state index contributed by atoms with van der Waals surface area (Å²) in [6, 6.07) is 19.1. The minimum atomic E-state index is -0.165. The smallest absolute Gasteiger partial charge is 0.235 e. The second-order valence-electron chi connectivity index (χ2n) is 14.4. The van der Waals surface area contributed by atoms with Crippen LogP contribution in [-0.4, -0.2) is 61.0 Å². The number of pyridine rings is 1. The third-order valence-corrected chi connectivity index (χ3v) is 10.3. The van der Waals surface area contributed by atoms with Gasteiger partial charge in [-0.05, 0) is 100 Å². The number of hydrogen-bond acceptors (Lipinski definition) is 6. The first-order valence-electron chi connectivity index (χ1n) is 20.8. The molecule has 2 aliphatic rings. The first-order chi connectivity index (χ1) is 27.1. The van der Waals surface area contributed by atoms with E-state index in [0.29, 0.717) is 37.6 Å². The topological polar surface area (TPSA) is 66.0 Å². The van der Waals surface area contributed by atoms with Crippen LogP contribution in [0.1, 0.15) is 96.0 Å². The number of amides is 2. The fraction of sp³-hybridized carbons (Fsp3) is 0.438. The number of carbonyl (C=O) groups is 2. The van der Waals surface area contributed by atoms with Gasteiger partial charge in [-0.25, -0.2) is 4.90 Å². The maximum Gasteiger partial charge on any atom is 0.235 e. The monoisotopic (exact) mass is 742 g/mol. The van der Waals surface area contributed by atoms with E-state index >= 15 is 0 Å². The van der Waals surface area contributed by atoms with E-state index in [1.807, 2.05) is 12.1 Å². The van der Waals surface area contributed by atoms with Crippen LogP contribution in [0.5, 0.6) is 5.88 Å². The number of imide groups is 1. The Balaban J connectivity index is 0.935. The van der Waals surface area contributed by atoms with Crippen LogP contribution in [0.25, 0.3) is 10.8 Å². The van der Waals surface area contributed by atoms with Crippen molar-refractivity contribution < 1.29 is 14.3 Å². The minimum absolute atomic E-state index is 0.161. The molecule has 2 aliphatic heterocycles. The number of nitrogens with zero attached hydrogens (tertiary/aromatic N) is 4. The van der Waals surface area contributed by atoms with Gasteiger partial charge in [0.1, 0.15) is 5.82 Å². The lowest BCUT2D eigenvalue weighted by molar-refractivity contribution is -0.127. The summed E-state index contributed by atoms with van der Waals surface area (Å²) in [5.74, 6) is 0.612. The quantitative estimate of drug-likeness (QED) is 0.0754. The zero-order valence-electron chi connectivity index (χ0n) is 33.1. The summed E-state index contributed by atoms with van der Waals surface area (Å²) < 4.78 is 6.04. The van der Waals surface area contributed by atoms with Crippen molar-refractivity contribution in [3.8, 4) is 5.88 Å². The highest BCUT2D eigenvalue weighted by molar-refractivity contribution is 6.15. The van der Waals surface area contributed by atoms with Crippen LogP contribution in [0.2, 0.25) is 0 Å². The number of hydrogen-bond donors (Lipinski definition) is 0. The number of anilines is 2. The second-order valence-corrected chi connectivity index (χ2v) is 14.4.